The van der Waals surface area contributed by atoms with Crippen LogP contribution >= 0.6 is 46.6 Å². The van der Waals surface area contributed by atoms with Gasteiger partial charge >= 0.3 is 0 Å². The molecule has 0 bridgehead atoms. The van der Waals surface area contributed by atoms with Crippen LogP contribution in [0.2, 0.25) is 15.1 Å². The quantitative estimate of drug-likeness (QED) is 0.119. The molecule has 0 fully saturated rings. The summed E-state index contributed by atoms with van der Waals surface area (Å²) in [5.74, 6) is 1.14. The molecule has 0 saturated heterocycles. The predicted octanol–water partition coefficient (Wildman–Crippen LogP) is 7.21. The number of amides is 1. The Morgan fingerprint density at radius 3 is 2.54 bits per heavy atom. The summed E-state index contributed by atoms with van der Waals surface area (Å²) in [5, 5.41) is 5.68. The van der Waals surface area contributed by atoms with Crippen molar-refractivity contribution in [3.8, 4) is 11.5 Å². The monoisotopic (exact) mass is 548 g/mol. The molecule has 35 heavy (non-hydrogen) atoms. The van der Waals surface area contributed by atoms with E-state index in [0.717, 1.165) is 21.6 Å². The van der Waals surface area contributed by atoms with Crippen LogP contribution in [0.5, 0.6) is 11.5 Å². The van der Waals surface area contributed by atoms with E-state index in [1.807, 2.05) is 24.3 Å². The summed E-state index contributed by atoms with van der Waals surface area (Å²) < 4.78 is 11.6. The zero-order valence-electron chi connectivity index (χ0n) is 18.9. The van der Waals surface area contributed by atoms with Crippen LogP contribution in [-0.2, 0) is 17.8 Å². The number of rotatable bonds is 11. The fraction of sp³-hybridized carbons (Fsp3) is 0.154. The number of nitrogens with zero attached hydrogens (tertiary/aromatic N) is 1. The van der Waals surface area contributed by atoms with Crippen molar-refractivity contribution in [3.63, 3.8) is 0 Å². The third-order valence-electron chi connectivity index (χ3n) is 4.69. The SMILES string of the molecule is C=CCc1cc(/C=N\NC(=O)CSc2ccc(Cl)cc2)cc(OC)c1OCc1ccc(Cl)c(Cl)c1. The fourth-order valence-corrected chi connectivity index (χ4v) is 4.19. The predicted molar refractivity (Wildman–Crippen MR) is 146 cm³/mol. The molecule has 5 nitrogen and oxygen atoms in total. The standard InChI is InChI=1S/C26H23Cl3N2O3S/c1-3-4-19-11-18(14-30-31-25(32)16-35-21-8-6-20(27)7-9-21)13-24(33-2)26(19)34-15-17-5-10-22(28)23(29)12-17/h3,5-14H,1,4,15-16H2,2H3,(H,31,32)/b30-14-. The topological polar surface area (TPSA) is 59.9 Å². The largest absolute Gasteiger partial charge is 0.493 e. The van der Waals surface area contributed by atoms with Gasteiger partial charge in [-0.05, 0) is 66.1 Å². The lowest BCUT2D eigenvalue weighted by molar-refractivity contribution is -0.118. The Kier molecular flexibility index (Phi) is 10.4. The maximum absolute atomic E-state index is 12.1. The van der Waals surface area contributed by atoms with Gasteiger partial charge < -0.3 is 9.47 Å². The highest BCUT2D eigenvalue weighted by Crippen LogP contribution is 2.34. The maximum Gasteiger partial charge on any atom is 0.250 e. The zero-order chi connectivity index (χ0) is 25.2. The van der Waals surface area contributed by atoms with E-state index in [9.17, 15) is 4.79 Å². The molecule has 0 radical (unpaired) electrons. The first-order valence-corrected chi connectivity index (χ1v) is 12.6. The Morgan fingerprint density at radius 2 is 1.86 bits per heavy atom. The van der Waals surface area contributed by atoms with Gasteiger partial charge in [-0.25, -0.2) is 5.43 Å². The second-order valence-electron chi connectivity index (χ2n) is 7.28. The summed E-state index contributed by atoms with van der Waals surface area (Å²) in [7, 11) is 1.57. The van der Waals surface area contributed by atoms with Crippen molar-refractivity contribution < 1.29 is 14.3 Å². The van der Waals surface area contributed by atoms with Crippen LogP contribution in [0.3, 0.4) is 0 Å². The molecule has 0 aliphatic rings. The van der Waals surface area contributed by atoms with Crippen LogP contribution in [0.1, 0.15) is 16.7 Å². The van der Waals surface area contributed by atoms with E-state index in [-0.39, 0.29) is 18.3 Å². The van der Waals surface area contributed by atoms with Crippen molar-refractivity contribution in [1.29, 1.82) is 0 Å². The van der Waals surface area contributed by atoms with Crippen molar-refractivity contribution in [3.05, 3.63) is 99.0 Å². The number of allylic oxidation sites excluding steroid dienone is 1. The first kappa shape index (κ1) is 27.0. The van der Waals surface area contributed by atoms with Crippen LogP contribution in [0.15, 0.2) is 77.2 Å². The number of carbonyl (C=O) groups is 1. The number of carbonyl (C=O) groups excluding carboxylic acids is 1. The van der Waals surface area contributed by atoms with E-state index >= 15 is 0 Å². The molecule has 9 heteroatoms. The van der Waals surface area contributed by atoms with E-state index in [1.54, 1.807) is 49.7 Å². The number of hydrogen-bond donors (Lipinski definition) is 1. The van der Waals surface area contributed by atoms with Crippen LogP contribution in [0, 0.1) is 0 Å². The molecule has 1 amide bonds. The van der Waals surface area contributed by atoms with Crippen molar-refractivity contribution >= 4 is 58.7 Å². The van der Waals surface area contributed by atoms with Gasteiger partial charge in [0.1, 0.15) is 6.61 Å². The minimum Gasteiger partial charge on any atom is -0.493 e. The first-order valence-electron chi connectivity index (χ1n) is 10.5. The number of halogens is 3. The molecule has 1 N–H and O–H groups in total. The van der Waals surface area contributed by atoms with Crippen LogP contribution in [0.4, 0.5) is 0 Å². The van der Waals surface area contributed by atoms with Crippen LogP contribution in [-0.4, -0.2) is 25.0 Å². The van der Waals surface area contributed by atoms with Gasteiger partial charge in [-0.15, -0.1) is 18.3 Å². The third-order valence-corrected chi connectivity index (χ3v) is 6.69. The third kappa shape index (κ3) is 8.22. The Bertz CT molecular complexity index is 1220. The summed E-state index contributed by atoms with van der Waals surface area (Å²) in [6, 6.07) is 16.3. The lowest BCUT2D eigenvalue weighted by Gasteiger charge is -2.16. The molecule has 0 aliphatic heterocycles. The Morgan fingerprint density at radius 1 is 1.09 bits per heavy atom. The van der Waals surface area contributed by atoms with Crippen molar-refractivity contribution in [1.82, 2.24) is 5.43 Å². The second-order valence-corrected chi connectivity index (χ2v) is 9.58. The average molecular weight is 550 g/mol. The summed E-state index contributed by atoms with van der Waals surface area (Å²) in [4.78, 5) is 13.1. The molecule has 3 rings (SSSR count). The summed E-state index contributed by atoms with van der Waals surface area (Å²) in [6.07, 6.45) is 3.89. The van der Waals surface area contributed by atoms with Gasteiger partial charge in [0.2, 0.25) is 5.91 Å². The molecule has 0 heterocycles. The fourth-order valence-electron chi connectivity index (χ4n) is 3.06. The minimum atomic E-state index is -0.221. The van der Waals surface area contributed by atoms with Crippen molar-refractivity contribution in [2.24, 2.45) is 5.10 Å². The number of thioether (sulfide) groups is 1. The molecule has 0 spiro atoms. The molecule has 3 aromatic carbocycles. The molecule has 0 saturated carbocycles. The van der Waals surface area contributed by atoms with Crippen molar-refractivity contribution in [2.45, 2.75) is 17.9 Å². The second kappa shape index (κ2) is 13.4. The maximum atomic E-state index is 12.1. The molecular weight excluding hydrogens is 527 g/mol. The normalized spacial score (nSPS) is 10.9. The highest BCUT2D eigenvalue weighted by atomic mass is 35.5. The number of methoxy groups -OCH3 is 1. The van der Waals surface area contributed by atoms with E-state index < -0.39 is 0 Å². The van der Waals surface area contributed by atoms with Crippen LogP contribution in [0.25, 0.3) is 0 Å². The summed E-state index contributed by atoms with van der Waals surface area (Å²) in [5.41, 5.74) is 5.02. The molecule has 182 valence electrons. The van der Waals surface area contributed by atoms with Gasteiger partial charge in [0.05, 0.1) is 29.1 Å². The Balaban J connectivity index is 1.66. The van der Waals surface area contributed by atoms with Gasteiger partial charge in [-0.3, -0.25) is 4.79 Å². The van der Waals surface area contributed by atoms with Gasteiger partial charge in [-0.1, -0.05) is 46.9 Å². The zero-order valence-corrected chi connectivity index (χ0v) is 22.0. The molecule has 0 unspecified atom stereocenters. The smallest absolute Gasteiger partial charge is 0.250 e. The molecular formula is C26H23Cl3N2O3S. The van der Waals surface area contributed by atoms with E-state index in [0.29, 0.717) is 33.0 Å². The lowest BCUT2D eigenvalue weighted by Crippen LogP contribution is -2.19. The first-order chi connectivity index (χ1) is 16.9. The molecule has 0 aromatic heterocycles. The minimum absolute atomic E-state index is 0.221. The summed E-state index contributed by atoms with van der Waals surface area (Å²) >= 11 is 19.4. The summed E-state index contributed by atoms with van der Waals surface area (Å²) in [6.45, 7) is 4.11. The number of ether oxygens (including phenoxy) is 2. The van der Waals surface area contributed by atoms with Gasteiger partial charge in [-0.2, -0.15) is 5.10 Å². The number of benzene rings is 3. The van der Waals surface area contributed by atoms with E-state index in [1.165, 1.54) is 11.8 Å². The number of hydrazone groups is 1. The van der Waals surface area contributed by atoms with E-state index in [4.69, 9.17) is 44.3 Å². The number of hydrogen-bond acceptors (Lipinski definition) is 5. The number of nitrogens with one attached hydrogen (secondary N) is 1. The highest BCUT2D eigenvalue weighted by molar-refractivity contribution is 8.00. The molecule has 3 aromatic rings. The Hall–Kier alpha value is -2.64. The lowest BCUT2D eigenvalue weighted by atomic mass is 10.1. The van der Waals surface area contributed by atoms with Crippen molar-refractivity contribution in [2.75, 3.05) is 12.9 Å². The van der Waals surface area contributed by atoms with Gasteiger partial charge in [0.25, 0.3) is 0 Å². The highest BCUT2D eigenvalue weighted by Gasteiger charge is 2.13. The average Bonchev–Trinajstić information content (AvgIpc) is 2.85. The van der Waals surface area contributed by atoms with Gasteiger partial charge in [0.15, 0.2) is 11.5 Å². The molecule has 0 aliphatic carbocycles. The molecule has 0 atom stereocenters. The van der Waals surface area contributed by atoms with Crippen LogP contribution < -0.4 is 14.9 Å². The Labute approximate surface area is 224 Å². The van der Waals surface area contributed by atoms with E-state index in [2.05, 4.69) is 17.1 Å². The van der Waals surface area contributed by atoms with Gasteiger partial charge in [0, 0.05) is 15.5 Å².